The summed E-state index contributed by atoms with van der Waals surface area (Å²) in [4.78, 5) is 25.9. The standard InChI is InChI=1S/C18H16F2N2O4/c1-3-21(25)15-11-12(16(22(26)4-2)14(20)13(15)19)18(24)10-8-6-5-7-9(10)17(11)23/h5-8,25-26H,3-4H2,1-2H3. The fraction of sp³-hybridized carbons (Fsp3) is 0.222. The highest BCUT2D eigenvalue weighted by atomic mass is 19.2. The minimum absolute atomic E-state index is 0.0219. The van der Waals surface area contributed by atoms with Gasteiger partial charge in [-0.15, -0.1) is 0 Å². The predicted molar refractivity (Wildman–Crippen MR) is 89.3 cm³/mol. The molecule has 1 aliphatic rings. The number of ketones is 2. The first-order valence-corrected chi connectivity index (χ1v) is 8.01. The molecule has 0 aliphatic heterocycles. The van der Waals surface area contributed by atoms with Gasteiger partial charge in [0.25, 0.3) is 0 Å². The lowest BCUT2D eigenvalue weighted by molar-refractivity contribution is 0.0976. The predicted octanol–water partition coefficient (Wildman–Crippen LogP) is 3.17. The molecule has 0 amide bonds. The Hall–Kier alpha value is -2.84. The summed E-state index contributed by atoms with van der Waals surface area (Å²) in [6, 6.07) is 5.87. The summed E-state index contributed by atoms with van der Waals surface area (Å²) >= 11 is 0. The van der Waals surface area contributed by atoms with Crippen LogP contribution in [-0.4, -0.2) is 35.1 Å². The molecule has 26 heavy (non-hydrogen) atoms. The smallest absolute Gasteiger partial charge is 0.196 e. The van der Waals surface area contributed by atoms with Gasteiger partial charge < -0.3 is 0 Å². The van der Waals surface area contributed by atoms with E-state index in [0.717, 1.165) is 0 Å². The molecule has 0 radical (unpaired) electrons. The molecule has 136 valence electrons. The molecule has 0 aromatic heterocycles. The van der Waals surface area contributed by atoms with E-state index in [0.29, 0.717) is 10.1 Å². The van der Waals surface area contributed by atoms with E-state index >= 15 is 0 Å². The Bertz CT molecular complexity index is 856. The third-order valence-corrected chi connectivity index (χ3v) is 4.32. The Morgan fingerprint density at radius 1 is 0.808 bits per heavy atom. The van der Waals surface area contributed by atoms with Crippen LogP contribution in [0.5, 0.6) is 0 Å². The molecule has 0 heterocycles. The zero-order valence-corrected chi connectivity index (χ0v) is 14.1. The number of carbonyl (C=O) groups excluding carboxylic acids is 2. The van der Waals surface area contributed by atoms with Crippen molar-refractivity contribution in [1.29, 1.82) is 0 Å². The van der Waals surface area contributed by atoms with E-state index in [1.807, 2.05) is 0 Å². The molecule has 3 rings (SSSR count). The molecule has 8 heteroatoms. The van der Waals surface area contributed by atoms with Crippen LogP contribution in [0.15, 0.2) is 24.3 Å². The molecule has 0 unspecified atom stereocenters. The molecule has 6 nitrogen and oxygen atoms in total. The Morgan fingerprint density at radius 3 is 1.46 bits per heavy atom. The second kappa shape index (κ2) is 6.47. The third-order valence-electron chi connectivity index (χ3n) is 4.32. The van der Waals surface area contributed by atoms with Crippen molar-refractivity contribution in [2.45, 2.75) is 13.8 Å². The second-order valence-electron chi connectivity index (χ2n) is 5.71. The molecule has 2 aromatic rings. The first kappa shape index (κ1) is 18.0. The maximum absolute atomic E-state index is 14.7. The Balaban J connectivity index is 2.48. The second-order valence-corrected chi connectivity index (χ2v) is 5.71. The molecule has 0 fully saturated rings. The van der Waals surface area contributed by atoms with E-state index in [-0.39, 0.29) is 24.2 Å². The van der Waals surface area contributed by atoms with E-state index < -0.39 is 45.7 Å². The molecule has 2 aromatic carbocycles. The first-order chi connectivity index (χ1) is 12.3. The Labute approximate surface area is 147 Å². The highest BCUT2D eigenvalue weighted by molar-refractivity contribution is 6.32. The van der Waals surface area contributed by atoms with Gasteiger partial charge in [-0.05, 0) is 13.8 Å². The first-order valence-electron chi connectivity index (χ1n) is 8.01. The number of fused-ring (bicyclic) bond motifs is 2. The summed E-state index contributed by atoms with van der Waals surface area (Å²) in [6.07, 6.45) is 0. The van der Waals surface area contributed by atoms with Crippen molar-refractivity contribution in [1.82, 2.24) is 0 Å². The van der Waals surface area contributed by atoms with E-state index in [1.165, 1.54) is 38.1 Å². The largest absolute Gasteiger partial charge is 0.288 e. The summed E-state index contributed by atoms with van der Waals surface area (Å²) in [6.45, 7) is 2.62. The monoisotopic (exact) mass is 362 g/mol. The molecule has 0 saturated carbocycles. The van der Waals surface area contributed by atoms with Crippen molar-refractivity contribution >= 4 is 22.9 Å². The van der Waals surface area contributed by atoms with Gasteiger partial charge in [-0.25, -0.2) is 8.78 Å². The fourth-order valence-electron chi connectivity index (χ4n) is 3.06. The lowest BCUT2D eigenvalue weighted by Crippen LogP contribution is -2.32. The number of hydrogen-bond donors (Lipinski definition) is 2. The van der Waals surface area contributed by atoms with Crippen molar-refractivity contribution in [3.63, 3.8) is 0 Å². The zero-order chi connectivity index (χ0) is 19.2. The maximum atomic E-state index is 14.7. The molecular weight excluding hydrogens is 346 g/mol. The van der Waals surface area contributed by atoms with Crippen LogP contribution in [-0.2, 0) is 0 Å². The quantitative estimate of drug-likeness (QED) is 0.694. The van der Waals surface area contributed by atoms with Crippen LogP contribution in [0.25, 0.3) is 0 Å². The van der Waals surface area contributed by atoms with Crippen molar-refractivity contribution in [2.75, 3.05) is 23.2 Å². The summed E-state index contributed by atoms with van der Waals surface area (Å²) in [5.41, 5.74) is -2.34. The summed E-state index contributed by atoms with van der Waals surface area (Å²) < 4.78 is 29.4. The molecule has 0 saturated heterocycles. The van der Waals surface area contributed by atoms with E-state index in [2.05, 4.69) is 0 Å². The van der Waals surface area contributed by atoms with Crippen LogP contribution in [0.3, 0.4) is 0 Å². The van der Waals surface area contributed by atoms with Crippen LogP contribution in [0.4, 0.5) is 20.2 Å². The van der Waals surface area contributed by atoms with Crippen molar-refractivity contribution < 1.29 is 28.8 Å². The van der Waals surface area contributed by atoms with Crippen molar-refractivity contribution in [3.05, 3.63) is 58.2 Å². The van der Waals surface area contributed by atoms with Gasteiger partial charge in [0.1, 0.15) is 11.4 Å². The third kappa shape index (κ3) is 2.38. The van der Waals surface area contributed by atoms with Crippen LogP contribution in [0, 0.1) is 11.6 Å². The Kier molecular flexibility index (Phi) is 4.47. The van der Waals surface area contributed by atoms with Gasteiger partial charge in [-0.1, -0.05) is 24.3 Å². The topological polar surface area (TPSA) is 81.1 Å². The minimum atomic E-state index is -1.52. The molecule has 2 N–H and O–H groups in total. The summed E-state index contributed by atoms with van der Waals surface area (Å²) in [5.74, 6) is -4.50. The molecule has 0 bridgehead atoms. The van der Waals surface area contributed by atoms with Gasteiger partial charge >= 0.3 is 0 Å². The van der Waals surface area contributed by atoms with Gasteiger partial charge in [0.05, 0.1) is 11.1 Å². The number of halogens is 2. The van der Waals surface area contributed by atoms with Crippen LogP contribution in [0.1, 0.15) is 45.7 Å². The van der Waals surface area contributed by atoms with E-state index in [1.54, 1.807) is 0 Å². The van der Waals surface area contributed by atoms with Crippen LogP contribution < -0.4 is 10.1 Å². The van der Waals surface area contributed by atoms with Crippen LogP contribution in [0.2, 0.25) is 0 Å². The summed E-state index contributed by atoms with van der Waals surface area (Å²) in [7, 11) is 0. The van der Waals surface area contributed by atoms with Gasteiger partial charge in [0.2, 0.25) is 0 Å². The molecular formula is C18H16F2N2O4. The van der Waals surface area contributed by atoms with Crippen molar-refractivity contribution in [3.8, 4) is 0 Å². The zero-order valence-electron chi connectivity index (χ0n) is 14.1. The van der Waals surface area contributed by atoms with Gasteiger partial charge in [-0.3, -0.25) is 30.1 Å². The number of nitrogens with zero attached hydrogens (tertiary/aromatic N) is 2. The molecule has 1 aliphatic carbocycles. The average molecular weight is 362 g/mol. The number of carbonyl (C=O) groups is 2. The average Bonchev–Trinajstić information content (AvgIpc) is 2.66. The number of hydrogen-bond acceptors (Lipinski definition) is 6. The van der Waals surface area contributed by atoms with Crippen LogP contribution >= 0.6 is 0 Å². The molecule has 0 atom stereocenters. The van der Waals surface area contributed by atoms with E-state index in [9.17, 15) is 28.8 Å². The lowest BCUT2D eigenvalue weighted by Gasteiger charge is -2.29. The minimum Gasteiger partial charge on any atom is -0.288 e. The highest BCUT2D eigenvalue weighted by Crippen LogP contribution is 2.42. The van der Waals surface area contributed by atoms with Gasteiger partial charge in [0.15, 0.2) is 23.2 Å². The fourth-order valence-corrected chi connectivity index (χ4v) is 3.06. The highest BCUT2D eigenvalue weighted by Gasteiger charge is 2.40. The summed E-state index contributed by atoms with van der Waals surface area (Å²) in [5, 5.41) is 20.8. The van der Waals surface area contributed by atoms with Gasteiger partial charge in [-0.2, -0.15) is 0 Å². The number of hydroxylamine groups is 2. The number of anilines is 2. The van der Waals surface area contributed by atoms with Gasteiger partial charge in [0, 0.05) is 24.2 Å². The van der Waals surface area contributed by atoms with E-state index in [4.69, 9.17) is 0 Å². The maximum Gasteiger partial charge on any atom is 0.196 e. The lowest BCUT2D eigenvalue weighted by atomic mass is 9.81. The number of benzene rings is 2. The normalized spacial score (nSPS) is 12.7. The molecule has 0 spiro atoms. The van der Waals surface area contributed by atoms with Crippen molar-refractivity contribution in [2.24, 2.45) is 0 Å². The Morgan fingerprint density at radius 2 is 1.15 bits per heavy atom. The number of rotatable bonds is 4. The SMILES string of the molecule is CCN(O)c1c(F)c(F)c(N(O)CC)c2c1C(=O)c1ccccc1C2=O.